The third kappa shape index (κ3) is 57.9. The first-order chi connectivity index (χ1) is 35.0. The first-order valence-electron chi connectivity index (χ1n) is 30.8. The Labute approximate surface area is 440 Å². The average Bonchev–Trinajstić information content (AvgIpc) is 3.37. The summed E-state index contributed by atoms with van der Waals surface area (Å²) in [4.78, 5) is 38.3. The summed E-state index contributed by atoms with van der Waals surface area (Å²) in [5.74, 6) is -0.897. The molecule has 6 heteroatoms. The van der Waals surface area contributed by atoms with Crippen LogP contribution in [0.5, 0.6) is 0 Å². The molecular weight excluding hydrogens is 877 g/mol. The van der Waals surface area contributed by atoms with Gasteiger partial charge >= 0.3 is 17.9 Å². The second kappa shape index (κ2) is 59.7. The Bertz CT molecular complexity index is 1280. The molecule has 0 rings (SSSR count). The average molecular weight is 994 g/mol. The summed E-state index contributed by atoms with van der Waals surface area (Å²) in [6.45, 7) is 6.62. The monoisotopic (exact) mass is 993 g/mol. The topological polar surface area (TPSA) is 78.9 Å². The van der Waals surface area contributed by atoms with Gasteiger partial charge in [0.1, 0.15) is 13.2 Å². The van der Waals surface area contributed by atoms with Crippen molar-refractivity contribution in [3.63, 3.8) is 0 Å². The molecule has 0 aromatic rings. The van der Waals surface area contributed by atoms with Crippen LogP contribution >= 0.6 is 0 Å². The summed E-state index contributed by atoms with van der Waals surface area (Å²) in [5.41, 5.74) is 0. The van der Waals surface area contributed by atoms with Gasteiger partial charge in [0.05, 0.1) is 0 Å². The molecule has 0 N–H and O–H groups in total. The van der Waals surface area contributed by atoms with Gasteiger partial charge in [-0.3, -0.25) is 14.4 Å². The zero-order valence-corrected chi connectivity index (χ0v) is 47.2. The van der Waals surface area contributed by atoms with Gasteiger partial charge in [-0.1, -0.05) is 248 Å². The Morgan fingerprint density at radius 2 is 0.507 bits per heavy atom. The minimum Gasteiger partial charge on any atom is -0.462 e. The highest BCUT2D eigenvalue weighted by Gasteiger charge is 2.19. The van der Waals surface area contributed by atoms with Gasteiger partial charge in [0.15, 0.2) is 6.10 Å². The second-order valence-electron chi connectivity index (χ2n) is 20.6. The number of allylic oxidation sites excluding steroid dienone is 10. The summed E-state index contributed by atoms with van der Waals surface area (Å²) in [6, 6.07) is 0. The van der Waals surface area contributed by atoms with Crippen LogP contribution in [0.2, 0.25) is 0 Å². The van der Waals surface area contributed by atoms with E-state index in [4.69, 9.17) is 14.2 Å². The molecule has 0 saturated heterocycles. The fourth-order valence-corrected chi connectivity index (χ4v) is 8.79. The van der Waals surface area contributed by atoms with E-state index >= 15 is 0 Å². The van der Waals surface area contributed by atoms with Crippen LogP contribution in [0.25, 0.3) is 0 Å². The van der Waals surface area contributed by atoms with Crippen molar-refractivity contribution >= 4 is 17.9 Å². The quantitative estimate of drug-likeness (QED) is 0.0261. The van der Waals surface area contributed by atoms with E-state index in [1.54, 1.807) is 0 Å². The SMILES string of the molecule is CCCCC/C=C\C/C=C\C/C=C\CCCCCCC(=O)OC[C@H](COC(=O)CCCCCCCCC/C=C\CCCCCCCC)OC(=O)CCCCCCCCCCC/C=C\CCCCCCCC. The first-order valence-corrected chi connectivity index (χ1v) is 30.8. The zero-order valence-electron chi connectivity index (χ0n) is 47.2. The molecule has 0 aliphatic rings. The summed E-state index contributed by atoms with van der Waals surface area (Å²) in [5, 5.41) is 0. The minimum atomic E-state index is -0.787. The lowest BCUT2D eigenvalue weighted by molar-refractivity contribution is -0.167. The number of carbonyl (C=O) groups excluding carboxylic acids is 3. The highest BCUT2D eigenvalue weighted by molar-refractivity contribution is 5.71. The van der Waals surface area contributed by atoms with E-state index in [0.29, 0.717) is 19.3 Å². The van der Waals surface area contributed by atoms with Crippen LogP contribution in [-0.4, -0.2) is 37.2 Å². The molecule has 0 heterocycles. The van der Waals surface area contributed by atoms with Gasteiger partial charge in [-0.15, -0.1) is 0 Å². The van der Waals surface area contributed by atoms with E-state index in [0.717, 1.165) is 83.5 Å². The van der Waals surface area contributed by atoms with Crippen LogP contribution in [-0.2, 0) is 28.6 Å². The smallest absolute Gasteiger partial charge is 0.306 e. The van der Waals surface area contributed by atoms with E-state index in [1.807, 2.05) is 0 Å². The molecule has 1 atom stereocenters. The van der Waals surface area contributed by atoms with E-state index in [2.05, 4.69) is 81.5 Å². The van der Waals surface area contributed by atoms with Gasteiger partial charge in [0, 0.05) is 19.3 Å². The molecule has 0 amide bonds. The molecule has 0 aromatic carbocycles. The van der Waals surface area contributed by atoms with Gasteiger partial charge in [-0.2, -0.15) is 0 Å². The van der Waals surface area contributed by atoms with Crippen molar-refractivity contribution < 1.29 is 28.6 Å². The number of ether oxygens (including phenoxy) is 3. The number of rotatable bonds is 56. The van der Waals surface area contributed by atoms with Gasteiger partial charge < -0.3 is 14.2 Å². The van der Waals surface area contributed by atoms with Crippen molar-refractivity contribution in [3.8, 4) is 0 Å². The molecule has 6 nitrogen and oxygen atoms in total. The number of unbranched alkanes of at least 4 members (excludes halogenated alkanes) is 35. The summed E-state index contributed by atoms with van der Waals surface area (Å²) in [6.07, 6.45) is 75.0. The van der Waals surface area contributed by atoms with Crippen molar-refractivity contribution in [2.45, 2.75) is 322 Å². The zero-order chi connectivity index (χ0) is 51.4. The van der Waals surface area contributed by atoms with Gasteiger partial charge in [0.2, 0.25) is 0 Å². The predicted octanol–water partition coefficient (Wildman–Crippen LogP) is 20.8. The fourth-order valence-electron chi connectivity index (χ4n) is 8.79. The lowest BCUT2D eigenvalue weighted by Crippen LogP contribution is -2.30. The second-order valence-corrected chi connectivity index (χ2v) is 20.6. The van der Waals surface area contributed by atoms with Crippen molar-refractivity contribution in [1.82, 2.24) is 0 Å². The van der Waals surface area contributed by atoms with E-state index in [1.165, 1.54) is 193 Å². The number of hydrogen-bond donors (Lipinski definition) is 0. The number of carbonyl (C=O) groups is 3. The van der Waals surface area contributed by atoms with Crippen LogP contribution in [0.1, 0.15) is 316 Å². The maximum atomic E-state index is 12.9. The van der Waals surface area contributed by atoms with E-state index in [-0.39, 0.29) is 31.1 Å². The molecule has 0 radical (unpaired) electrons. The van der Waals surface area contributed by atoms with Gasteiger partial charge in [-0.25, -0.2) is 0 Å². The Balaban J connectivity index is 4.41. The van der Waals surface area contributed by atoms with Crippen LogP contribution in [0.3, 0.4) is 0 Å². The number of esters is 3. The standard InChI is InChI=1S/C65H116O6/c1-4-7-10-13-16-19-22-25-28-31-32-35-38-41-44-47-50-53-56-59-65(68)71-62(60-69-63(66)57-54-51-48-45-42-39-36-33-29-26-23-20-17-14-11-8-5-2)61-70-64(67)58-55-52-49-46-43-40-37-34-30-27-24-21-18-15-12-9-6-3/h17,20,25-30,36,39,62H,4-16,18-19,21-24,31-35,37-38,40-61H2,1-3H3/b20-17-,28-25-,29-26-,30-27-,39-36-/t62-/m1/s1. The maximum Gasteiger partial charge on any atom is 0.306 e. The Morgan fingerprint density at radius 1 is 0.282 bits per heavy atom. The summed E-state index contributed by atoms with van der Waals surface area (Å²) >= 11 is 0. The maximum absolute atomic E-state index is 12.9. The van der Waals surface area contributed by atoms with Crippen LogP contribution in [0.4, 0.5) is 0 Å². The molecule has 0 aliphatic carbocycles. The lowest BCUT2D eigenvalue weighted by atomic mass is 10.1. The number of hydrogen-bond acceptors (Lipinski definition) is 6. The van der Waals surface area contributed by atoms with Crippen molar-refractivity contribution in [2.24, 2.45) is 0 Å². The lowest BCUT2D eigenvalue weighted by Gasteiger charge is -2.18. The predicted molar refractivity (Wildman–Crippen MR) is 307 cm³/mol. The molecule has 0 unspecified atom stereocenters. The third-order valence-corrected chi connectivity index (χ3v) is 13.5. The Hall–Kier alpha value is -2.89. The van der Waals surface area contributed by atoms with E-state index < -0.39 is 6.10 Å². The Kier molecular flexibility index (Phi) is 57.2. The molecule has 0 aromatic heterocycles. The molecule has 0 saturated carbocycles. The van der Waals surface area contributed by atoms with Crippen LogP contribution < -0.4 is 0 Å². The highest BCUT2D eigenvalue weighted by Crippen LogP contribution is 2.16. The molecule has 0 fully saturated rings. The third-order valence-electron chi connectivity index (χ3n) is 13.5. The molecule has 0 spiro atoms. The molecule has 412 valence electrons. The van der Waals surface area contributed by atoms with Crippen LogP contribution in [0, 0.1) is 0 Å². The summed E-state index contributed by atoms with van der Waals surface area (Å²) in [7, 11) is 0. The minimum absolute atomic E-state index is 0.0831. The molecule has 0 bridgehead atoms. The highest BCUT2D eigenvalue weighted by atomic mass is 16.6. The van der Waals surface area contributed by atoms with Crippen LogP contribution in [0.15, 0.2) is 60.8 Å². The normalized spacial score (nSPS) is 12.4. The summed E-state index contributed by atoms with van der Waals surface area (Å²) < 4.78 is 16.9. The van der Waals surface area contributed by atoms with Gasteiger partial charge in [-0.05, 0) is 109 Å². The first kappa shape index (κ1) is 68.1. The molecule has 0 aliphatic heterocycles. The fraction of sp³-hybridized carbons (Fsp3) is 0.800. The van der Waals surface area contributed by atoms with Gasteiger partial charge in [0.25, 0.3) is 0 Å². The van der Waals surface area contributed by atoms with Crippen molar-refractivity contribution in [1.29, 1.82) is 0 Å². The van der Waals surface area contributed by atoms with Crippen molar-refractivity contribution in [2.75, 3.05) is 13.2 Å². The Morgan fingerprint density at radius 3 is 0.831 bits per heavy atom. The molecular formula is C65H116O6. The largest absolute Gasteiger partial charge is 0.462 e. The van der Waals surface area contributed by atoms with E-state index in [9.17, 15) is 14.4 Å². The van der Waals surface area contributed by atoms with Crippen molar-refractivity contribution in [3.05, 3.63) is 60.8 Å². The molecule has 71 heavy (non-hydrogen) atoms.